The quantitative estimate of drug-likeness (QED) is 0.697. The minimum atomic E-state index is -4.23. The van der Waals surface area contributed by atoms with Crippen molar-refractivity contribution >= 4 is 0 Å². The molecular weight excluding hydrogens is 197 g/mol. The molecule has 3 nitrogen and oxygen atoms in total. The van der Waals surface area contributed by atoms with Crippen LogP contribution in [0.15, 0.2) is 0 Å². The van der Waals surface area contributed by atoms with Crippen molar-refractivity contribution in [2.24, 2.45) is 0 Å². The van der Waals surface area contributed by atoms with E-state index in [0.717, 1.165) is 0 Å². The summed E-state index contributed by atoms with van der Waals surface area (Å²) in [6.45, 7) is 0.662. The van der Waals surface area contributed by atoms with Crippen molar-refractivity contribution in [2.75, 3.05) is 33.7 Å². The third-order valence-electron chi connectivity index (χ3n) is 1.49. The van der Waals surface area contributed by atoms with Crippen LogP contribution in [0.1, 0.15) is 6.92 Å². The first-order chi connectivity index (χ1) is 6.12. The molecule has 0 fully saturated rings. The molecule has 0 spiro atoms. The lowest BCUT2D eigenvalue weighted by Gasteiger charge is -2.27. The maximum atomic E-state index is 11.7. The lowest BCUT2D eigenvalue weighted by molar-refractivity contribution is -0.126. The number of halogens is 3. The SMILES string of the molecule is CN(C)CC(C)(O)CNCC(F)(F)F. The molecular formula is C8H17F3N2O. The molecule has 1 unspecified atom stereocenters. The van der Waals surface area contributed by atoms with E-state index < -0.39 is 18.3 Å². The first-order valence-electron chi connectivity index (χ1n) is 4.27. The lowest BCUT2D eigenvalue weighted by atomic mass is 10.1. The summed E-state index contributed by atoms with van der Waals surface area (Å²) in [4.78, 5) is 1.72. The van der Waals surface area contributed by atoms with Gasteiger partial charge in [-0.15, -0.1) is 0 Å². The molecule has 0 rings (SSSR count). The highest BCUT2D eigenvalue weighted by molar-refractivity contribution is 4.78. The van der Waals surface area contributed by atoms with Crippen molar-refractivity contribution in [3.63, 3.8) is 0 Å². The van der Waals surface area contributed by atoms with Crippen molar-refractivity contribution < 1.29 is 18.3 Å². The van der Waals surface area contributed by atoms with E-state index in [1.165, 1.54) is 6.92 Å². The van der Waals surface area contributed by atoms with Crippen molar-refractivity contribution in [3.8, 4) is 0 Å². The summed E-state index contributed by atoms with van der Waals surface area (Å²) < 4.78 is 35.2. The fourth-order valence-electron chi connectivity index (χ4n) is 1.21. The maximum Gasteiger partial charge on any atom is 0.401 e. The summed E-state index contributed by atoms with van der Waals surface area (Å²) in [5, 5.41) is 11.8. The fraction of sp³-hybridized carbons (Fsp3) is 1.00. The van der Waals surface area contributed by atoms with Gasteiger partial charge in [0.05, 0.1) is 12.1 Å². The van der Waals surface area contributed by atoms with Crippen LogP contribution in [-0.2, 0) is 0 Å². The van der Waals surface area contributed by atoms with Crippen molar-refractivity contribution in [1.82, 2.24) is 10.2 Å². The number of hydrogen-bond acceptors (Lipinski definition) is 3. The molecule has 6 heteroatoms. The van der Waals surface area contributed by atoms with Crippen LogP contribution >= 0.6 is 0 Å². The second-order valence-corrected chi connectivity index (χ2v) is 3.95. The molecule has 0 aromatic heterocycles. The summed E-state index contributed by atoms with van der Waals surface area (Å²) in [5.41, 5.74) is -1.14. The Morgan fingerprint density at radius 2 is 1.71 bits per heavy atom. The predicted molar refractivity (Wildman–Crippen MR) is 48.1 cm³/mol. The van der Waals surface area contributed by atoms with Crippen LogP contribution in [0, 0.1) is 0 Å². The summed E-state index contributed by atoms with van der Waals surface area (Å²) in [6.07, 6.45) is -4.23. The molecule has 0 saturated heterocycles. The van der Waals surface area contributed by atoms with Crippen LogP contribution in [0.5, 0.6) is 0 Å². The highest BCUT2D eigenvalue weighted by Crippen LogP contribution is 2.12. The molecule has 0 saturated carbocycles. The molecule has 0 heterocycles. The molecule has 0 aliphatic rings. The second kappa shape index (κ2) is 4.95. The van der Waals surface area contributed by atoms with Crippen LogP contribution in [-0.4, -0.2) is 55.5 Å². The third kappa shape index (κ3) is 8.28. The van der Waals surface area contributed by atoms with Crippen molar-refractivity contribution in [3.05, 3.63) is 0 Å². The summed E-state index contributed by atoms with van der Waals surface area (Å²) in [7, 11) is 3.50. The van der Waals surface area contributed by atoms with Gasteiger partial charge in [-0.2, -0.15) is 13.2 Å². The molecule has 0 radical (unpaired) electrons. The van der Waals surface area contributed by atoms with Gasteiger partial charge in [0.25, 0.3) is 0 Å². The van der Waals surface area contributed by atoms with Gasteiger partial charge in [-0.05, 0) is 21.0 Å². The number of hydrogen-bond donors (Lipinski definition) is 2. The van der Waals surface area contributed by atoms with Crippen LogP contribution in [0.3, 0.4) is 0 Å². The molecule has 0 aliphatic carbocycles. The predicted octanol–water partition coefficient (Wildman–Crippen LogP) is 0.451. The summed E-state index contributed by atoms with van der Waals surface area (Å²) in [6, 6.07) is 0. The Bertz CT molecular complexity index is 168. The Morgan fingerprint density at radius 1 is 1.21 bits per heavy atom. The summed E-state index contributed by atoms with van der Waals surface area (Å²) in [5.74, 6) is 0. The number of rotatable bonds is 5. The molecule has 86 valence electrons. The monoisotopic (exact) mass is 214 g/mol. The average molecular weight is 214 g/mol. The Hall–Kier alpha value is -0.330. The average Bonchev–Trinajstić information content (AvgIpc) is 1.78. The zero-order valence-electron chi connectivity index (χ0n) is 8.65. The Balaban J connectivity index is 3.76. The highest BCUT2D eigenvalue weighted by atomic mass is 19.4. The van der Waals surface area contributed by atoms with Gasteiger partial charge >= 0.3 is 6.18 Å². The summed E-state index contributed by atoms with van der Waals surface area (Å²) >= 11 is 0. The number of nitrogens with one attached hydrogen (secondary N) is 1. The number of aliphatic hydroxyl groups is 1. The molecule has 0 aromatic carbocycles. The molecule has 0 amide bonds. The largest absolute Gasteiger partial charge is 0.401 e. The Morgan fingerprint density at radius 3 is 2.07 bits per heavy atom. The number of nitrogens with zero attached hydrogens (tertiary/aromatic N) is 1. The molecule has 1 atom stereocenters. The van der Waals surface area contributed by atoms with Crippen LogP contribution in [0.2, 0.25) is 0 Å². The standard InChI is InChI=1S/C8H17F3N2O/c1-7(14,6-13(2)3)4-12-5-8(9,10)11/h12,14H,4-6H2,1-3H3. The first-order valence-corrected chi connectivity index (χ1v) is 4.27. The lowest BCUT2D eigenvalue weighted by Crippen LogP contribution is -2.47. The Kier molecular flexibility index (Phi) is 4.83. The van der Waals surface area contributed by atoms with E-state index in [-0.39, 0.29) is 6.54 Å². The van der Waals surface area contributed by atoms with Crippen LogP contribution in [0.25, 0.3) is 0 Å². The van der Waals surface area contributed by atoms with Gasteiger partial charge < -0.3 is 15.3 Å². The van der Waals surface area contributed by atoms with Gasteiger partial charge in [-0.1, -0.05) is 0 Å². The maximum absolute atomic E-state index is 11.7. The van der Waals surface area contributed by atoms with E-state index >= 15 is 0 Å². The molecule has 0 bridgehead atoms. The topological polar surface area (TPSA) is 35.5 Å². The minimum absolute atomic E-state index is 0.0787. The zero-order valence-corrected chi connectivity index (χ0v) is 8.65. The van der Waals surface area contributed by atoms with Gasteiger partial charge in [0.1, 0.15) is 0 Å². The third-order valence-corrected chi connectivity index (χ3v) is 1.49. The van der Waals surface area contributed by atoms with E-state index in [1.54, 1.807) is 19.0 Å². The van der Waals surface area contributed by atoms with Gasteiger partial charge in [0.15, 0.2) is 0 Å². The Labute approximate surface area is 81.9 Å². The highest BCUT2D eigenvalue weighted by Gasteiger charge is 2.28. The minimum Gasteiger partial charge on any atom is -0.388 e. The van der Waals surface area contributed by atoms with E-state index in [0.29, 0.717) is 6.54 Å². The normalized spacial score (nSPS) is 17.1. The number of alkyl halides is 3. The van der Waals surface area contributed by atoms with Gasteiger partial charge in [-0.25, -0.2) is 0 Å². The van der Waals surface area contributed by atoms with Gasteiger partial charge in [0.2, 0.25) is 0 Å². The molecule has 0 aromatic rings. The van der Waals surface area contributed by atoms with Crippen molar-refractivity contribution in [1.29, 1.82) is 0 Å². The number of likely N-dealkylation sites (N-methyl/N-ethyl adjacent to an activating group) is 1. The molecule has 0 aliphatic heterocycles. The van der Waals surface area contributed by atoms with E-state index in [2.05, 4.69) is 5.32 Å². The van der Waals surface area contributed by atoms with E-state index in [4.69, 9.17) is 0 Å². The van der Waals surface area contributed by atoms with Crippen LogP contribution in [0.4, 0.5) is 13.2 Å². The van der Waals surface area contributed by atoms with E-state index in [9.17, 15) is 18.3 Å². The van der Waals surface area contributed by atoms with Crippen molar-refractivity contribution in [2.45, 2.75) is 18.7 Å². The smallest absolute Gasteiger partial charge is 0.388 e. The van der Waals surface area contributed by atoms with Crippen LogP contribution < -0.4 is 5.32 Å². The second-order valence-electron chi connectivity index (χ2n) is 3.95. The zero-order chi connectivity index (χ0) is 11.4. The first kappa shape index (κ1) is 13.7. The fourth-order valence-corrected chi connectivity index (χ4v) is 1.21. The molecule has 2 N–H and O–H groups in total. The van der Waals surface area contributed by atoms with Gasteiger partial charge in [-0.3, -0.25) is 0 Å². The van der Waals surface area contributed by atoms with Gasteiger partial charge in [0, 0.05) is 13.1 Å². The molecule has 14 heavy (non-hydrogen) atoms. The van der Waals surface area contributed by atoms with E-state index in [1.807, 2.05) is 0 Å².